The number of nitrogens with two attached hydrogens (primary N) is 1. The van der Waals surface area contributed by atoms with E-state index in [1.54, 1.807) is 18.2 Å². The van der Waals surface area contributed by atoms with E-state index >= 15 is 0 Å². The van der Waals surface area contributed by atoms with E-state index in [0.717, 1.165) is 0 Å². The molecule has 1 unspecified atom stereocenters. The van der Waals surface area contributed by atoms with Crippen molar-refractivity contribution in [2.24, 2.45) is 5.84 Å². The van der Waals surface area contributed by atoms with Crippen LogP contribution >= 0.6 is 23.2 Å². The number of hydrogen-bond donors (Lipinski definition) is 2. The Kier molecular flexibility index (Phi) is 5.72. The molecule has 0 aromatic heterocycles. The van der Waals surface area contributed by atoms with Gasteiger partial charge < -0.3 is 0 Å². The Morgan fingerprint density at radius 2 is 1.89 bits per heavy atom. The zero-order valence-electron chi connectivity index (χ0n) is 9.40. The molecular weight excluding hydrogens is 288 g/mol. The summed E-state index contributed by atoms with van der Waals surface area (Å²) in [6, 6.07) is 4.50. The zero-order valence-corrected chi connectivity index (χ0v) is 10.9. The predicted molar refractivity (Wildman–Crippen MR) is 66.4 cm³/mol. The molecule has 1 aromatic carbocycles. The summed E-state index contributed by atoms with van der Waals surface area (Å²) in [7, 11) is 0. The molecular formula is C11H13Cl2F3N2. The number of rotatable bonds is 5. The van der Waals surface area contributed by atoms with E-state index in [0.29, 0.717) is 15.6 Å². The first kappa shape index (κ1) is 15.6. The molecule has 0 fully saturated rings. The highest BCUT2D eigenvalue weighted by Gasteiger charge is 2.26. The van der Waals surface area contributed by atoms with Crippen LogP contribution in [0.15, 0.2) is 18.2 Å². The van der Waals surface area contributed by atoms with Gasteiger partial charge in [0.05, 0.1) is 10.0 Å². The van der Waals surface area contributed by atoms with Gasteiger partial charge in [-0.15, -0.1) is 0 Å². The Labute approximate surface area is 113 Å². The van der Waals surface area contributed by atoms with Gasteiger partial charge in [0.1, 0.15) is 0 Å². The fourth-order valence-electron chi connectivity index (χ4n) is 1.58. The van der Waals surface area contributed by atoms with Gasteiger partial charge in [0.2, 0.25) is 0 Å². The van der Waals surface area contributed by atoms with Crippen LogP contribution in [0, 0.1) is 0 Å². The first-order valence-electron chi connectivity index (χ1n) is 5.31. The van der Waals surface area contributed by atoms with Crippen molar-refractivity contribution in [1.29, 1.82) is 0 Å². The molecule has 0 saturated carbocycles. The molecule has 1 atom stereocenters. The SMILES string of the molecule is NNC(CCCC(F)(F)F)c1ccc(Cl)c(Cl)c1. The average Bonchev–Trinajstić information content (AvgIpc) is 2.27. The molecule has 3 N–H and O–H groups in total. The largest absolute Gasteiger partial charge is 0.389 e. The summed E-state index contributed by atoms with van der Waals surface area (Å²) in [5, 5.41) is 0.747. The molecule has 2 nitrogen and oxygen atoms in total. The van der Waals surface area contributed by atoms with Crippen molar-refractivity contribution >= 4 is 23.2 Å². The van der Waals surface area contributed by atoms with Crippen LogP contribution in [0.4, 0.5) is 13.2 Å². The fourth-order valence-corrected chi connectivity index (χ4v) is 1.89. The van der Waals surface area contributed by atoms with Gasteiger partial charge in [-0.2, -0.15) is 13.2 Å². The van der Waals surface area contributed by atoms with Gasteiger partial charge in [-0.1, -0.05) is 29.3 Å². The minimum Gasteiger partial charge on any atom is -0.271 e. The molecule has 0 heterocycles. The van der Waals surface area contributed by atoms with E-state index in [2.05, 4.69) is 5.43 Å². The molecule has 1 rings (SSSR count). The van der Waals surface area contributed by atoms with Crippen LogP contribution in [-0.4, -0.2) is 6.18 Å². The quantitative estimate of drug-likeness (QED) is 0.631. The van der Waals surface area contributed by atoms with Crippen LogP contribution in [0.25, 0.3) is 0 Å². The number of hydrogen-bond acceptors (Lipinski definition) is 2. The fraction of sp³-hybridized carbons (Fsp3) is 0.455. The van der Waals surface area contributed by atoms with Crippen LogP contribution in [0.3, 0.4) is 0 Å². The summed E-state index contributed by atoms with van der Waals surface area (Å²) in [6.07, 6.45) is -4.70. The molecule has 7 heteroatoms. The smallest absolute Gasteiger partial charge is 0.271 e. The van der Waals surface area contributed by atoms with Gasteiger partial charge in [-0.3, -0.25) is 11.3 Å². The molecule has 0 aliphatic heterocycles. The average molecular weight is 301 g/mol. The Morgan fingerprint density at radius 3 is 2.39 bits per heavy atom. The summed E-state index contributed by atoms with van der Waals surface area (Å²) in [6.45, 7) is 0. The first-order chi connectivity index (χ1) is 8.33. The number of alkyl halides is 3. The lowest BCUT2D eigenvalue weighted by atomic mass is 10.0. The molecule has 0 aliphatic carbocycles. The number of benzene rings is 1. The number of halogens is 5. The molecule has 0 aliphatic rings. The predicted octanol–water partition coefficient (Wildman–Crippen LogP) is 4.23. The van der Waals surface area contributed by atoms with E-state index in [9.17, 15) is 13.2 Å². The highest BCUT2D eigenvalue weighted by Crippen LogP contribution is 2.29. The third-order valence-corrected chi connectivity index (χ3v) is 3.24. The van der Waals surface area contributed by atoms with E-state index < -0.39 is 12.6 Å². The summed E-state index contributed by atoms with van der Waals surface area (Å²) < 4.78 is 36.1. The van der Waals surface area contributed by atoms with Gasteiger partial charge in [0.15, 0.2) is 0 Å². The van der Waals surface area contributed by atoms with Crippen LogP contribution in [0.2, 0.25) is 10.0 Å². The lowest BCUT2D eigenvalue weighted by Crippen LogP contribution is -2.28. The molecule has 0 saturated heterocycles. The van der Waals surface area contributed by atoms with E-state index in [-0.39, 0.29) is 18.9 Å². The van der Waals surface area contributed by atoms with Gasteiger partial charge in [0, 0.05) is 12.5 Å². The maximum absolute atomic E-state index is 12.0. The summed E-state index contributed by atoms with van der Waals surface area (Å²) >= 11 is 11.6. The third kappa shape index (κ3) is 5.02. The summed E-state index contributed by atoms with van der Waals surface area (Å²) in [5.74, 6) is 5.34. The maximum Gasteiger partial charge on any atom is 0.389 e. The van der Waals surface area contributed by atoms with Gasteiger partial charge in [-0.05, 0) is 30.5 Å². The Morgan fingerprint density at radius 1 is 1.22 bits per heavy atom. The van der Waals surface area contributed by atoms with Crippen molar-refractivity contribution in [1.82, 2.24) is 5.43 Å². The molecule has 102 valence electrons. The number of hydrazine groups is 1. The van der Waals surface area contributed by atoms with E-state index in [1.165, 1.54) is 0 Å². The molecule has 0 spiro atoms. The summed E-state index contributed by atoms with van der Waals surface area (Å²) in [4.78, 5) is 0. The van der Waals surface area contributed by atoms with E-state index in [4.69, 9.17) is 29.0 Å². The monoisotopic (exact) mass is 300 g/mol. The second kappa shape index (κ2) is 6.61. The van der Waals surface area contributed by atoms with Crippen molar-refractivity contribution in [2.45, 2.75) is 31.5 Å². The van der Waals surface area contributed by atoms with Crippen molar-refractivity contribution in [3.63, 3.8) is 0 Å². The minimum atomic E-state index is -4.14. The highest BCUT2D eigenvalue weighted by molar-refractivity contribution is 6.42. The zero-order chi connectivity index (χ0) is 13.8. The topological polar surface area (TPSA) is 38.0 Å². The minimum absolute atomic E-state index is 0.00138. The molecule has 0 amide bonds. The van der Waals surface area contributed by atoms with E-state index in [1.807, 2.05) is 0 Å². The maximum atomic E-state index is 12.0. The summed E-state index contributed by atoms with van der Waals surface area (Å²) in [5.41, 5.74) is 3.20. The van der Waals surface area contributed by atoms with Gasteiger partial charge in [0.25, 0.3) is 0 Å². The molecule has 18 heavy (non-hydrogen) atoms. The number of nitrogens with one attached hydrogen (secondary N) is 1. The first-order valence-corrected chi connectivity index (χ1v) is 6.07. The highest BCUT2D eigenvalue weighted by atomic mass is 35.5. The van der Waals surface area contributed by atoms with Crippen LogP contribution in [0.5, 0.6) is 0 Å². The molecule has 1 aromatic rings. The lowest BCUT2D eigenvalue weighted by Gasteiger charge is -2.17. The standard InChI is InChI=1S/C11H13Cl2F3N2/c12-8-4-3-7(6-9(8)13)10(18-17)2-1-5-11(14,15)16/h3-4,6,10,18H,1-2,5,17H2. The molecule has 0 bridgehead atoms. The molecule has 0 radical (unpaired) electrons. The van der Waals surface area contributed by atoms with Crippen molar-refractivity contribution in [2.75, 3.05) is 0 Å². The Balaban J connectivity index is 2.63. The van der Waals surface area contributed by atoms with Gasteiger partial charge in [-0.25, -0.2) is 0 Å². The Bertz CT molecular complexity index is 396. The Hall–Kier alpha value is -0.490. The normalized spacial score (nSPS) is 13.7. The lowest BCUT2D eigenvalue weighted by molar-refractivity contribution is -0.135. The van der Waals surface area contributed by atoms with Gasteiger partial charge >= 0.3 is 6.18 Å². The second-order valence-electron chi connectivity index (χ2n) is 3.90. The van der Waals surface area contributed by atoms with Crippen LogP contribution < -0.4 is 11.3 Å². The van der Waals surface area contributed by atoms with Crippen LogP contribution in [-0.2, 0) is 0 Å². The van der Waals surface area contributed by atoms with Crippen LogP contribution in [0.1, 0.15) is 30.9 Å². The van der Waals surface area contributed by atoms with Crippen molar-refractivity contribution in [3.8, 4) is 0 Å². The second-order valence-corrected chi connectivity index (χ2v) is 4.71. The van der Waals surface area contributed by atoms with Crippen molar-refractivity contribution in [3.05, 3.63) is 33.8 Å². The van der Waals surface area contributed by atoms with Crippen molar-refractivity contribution < 1.29 is 13.2 Å². The third-order valence-electron chi connectivity index (χ3n) is 2.50.